The van der Waals surface area contributed by atoms with E-state index in [2.05, 4.69) is 41.3 Å². The molecule has 0 radical (unpaired) electrons. The van der Waals surface area contributed by atoms with Gasteiger partial charge in [0.05, 0.1) is 0 Å². The Labute approximate surface area is 153 Å². The number of rotatable bonds is 2. The molecule has 1 aliphatic heterocycles. The van der Waals surface area contributed by atoms with Crippen molar-refractivity contribution in [1.29, 1.82) is 0 Å². The molecule has 1 saturated heterocycles. The first-order chi connectivity index (χ1) is 12.3. The Balaban J connectivity index is 1.21. The number of piperidine rings is 1. The van der Waals surface area contributed by atoms with E-state index in [-0.39, 0.29) is 0 Å². The number of fused-ring (bicyclic) bond motifs is 4. The summed E-state index contributed by atoms with van der Waals surface area (Å²) in [5, 5.41) is 0. The zero-order valence-corrected chi connectivity index (χ0v) is 15.6. The fourth-order valence-corrected chi connectivity index (χ4v) is 6.47. The smallest absolute Gasteiger partial charge is 0.000988 e. The van der Waals surface area contributed by atoms with E-state index in [1.54, 1.807) is 11.1 Å². The molecule has 134 valence electrons. The fourth-order valence-electron chi connectivity index (χ4n) is 6.47. The van der Waals surface area contributed by atoms with Crippen LogP contribution < -0.4 is 0 Å². The minimum Gasteiger partial charge on any atom is -0.303 e. The Morgan fingerprint density at radius 2 is 1.88 bits per heavy atom. The van der Waals surface area contributed by atoms with E-state index < -0.39 is 0 Å². The maximum Gasteiger partial charge on any atom is 0.000988 e. The van der Waals surface area contributed by atoms with Gasteiger partial charge in [0.25, 0.3) is 0 Å². The highest BCUT2D eigenvalue weighted by atomic mass is 15.1. The number of likely N-dealkylation sites (tertiary alicyclic amines) is 1. The molecule has 1 nitrogen and oxygen atoms in total. The summed E-state index contributed by atoms with van der Waals surface area (Å²) in [5.41, 5.74) is 3.86. The number of hydrogen-bond donors (Lipinski definition) is 0. The van der Waals surface area contributed by atoms with Gasteiger partial charge in [0.2, 0.25) is 0 Å². The Kier molecular flexibility index (Phi) is 4.24. The third-order valence-electron chi connectivity index (χ3n) is 7.92. The lowest BCUT2D eigenvalue weighted by atomic mass is 9.73. The van der Waals surface area contributed by atoms with Gasteiger partial charge in [-0.25, -0.2) is 0 Å². The van der Waals surface area contributed by atoms with Crippen molar-refractivity contribution in [2.24, 2.45) is 17.8 Å². The lowest BCUT2D eigenvalue weighted by Gasteiger charge is -2.41. The first-order valence-electron chi connectivity index (χ1n) is 10.8. The highest BCUT2D eigenvalue weighted by Gasteiger charge is 2.41. The highest BCUT2D eigenvalue weighted by molar-refractivity contribution is 5.39. The molecule has 3 atom stereocenters. The molecule has 25 heavy (non-hydrogen) atoms. The summed E-state index contributed by atoms with van der Waals surface area (Å²) in [6.07, 6.45) is 17.8. The summed E-state index contributed by atoms with van der Waals surface area (Å²) < 4.78 is 0. The molecule has 1 heterocycles. The zero-order valence-electron chi connectivity index (χ0n) is 15.6. The van der Waals surface area contributed by atoms with Gasteiger partial charge in [-0.2, -0.15) is 0 Å². The molecule has 1 aromatic carbocycles. The lowest BCUT2D eigenvalue weighted by molar-refractivity contribution is 0.133. The van der Waals surface area contributed by atoms with Crippen LogP contribution in [0.4, 0.5) is 0 Å². The molecular formula is C24H33N. The van der Waals surface area contributed by atoms with Crippen molar-refractivity contribution in [1.82, 2.24) is 4.90 Å². The SMILES string of the molecule is C1=C[C@H]2C[C@H](C1)CC[C@H](CN1CCC3(CCc4ccccc43)CC1)C2. The summed E-state index contributed by atoms with van der Waals surface area (Å²) in [5.74, 6) is 2.84. The fraction of sp³-hybridized carbons (Fsp3) is 0.667. The van der Waals surface area contributed by atoms with Crippen molar-refractivity contribution in [2.75, 3.05) is 19.6 Å². The van der Waals surface area contributed by atoms with Crippen molar-refractivity contribution in [3.8, 4) is 0 Å². The van der Waals surface area contributed by atoms with Crippen molar-refractivity contribution < 1.29 is 0 Å². The van der Waals surface area contributed by atoms with Crippen LogP contribution in [0.25, 0.3) is 0 Å². The van der Waals surface area contributed by atoms with Gasteiger partial charge < -0.3 is 4.90 Å². The van der Waals surface area contributed by atoms with Crippen molar-refractivity contribution >= 4 is 0 Å². The Morgan fingerprint density at radius 3 is 2.80 bits per heavy atom. The third kappa shape index (κ3) is 3.10. The van der Waals surface area contributed by atoms with E-state index in [0.717, 1.165) is 17.8 Å². The molecule has 0 unspecified atom stereocenters. The van der Waals surface area contributed by atoms with E-state index in [4.69, 9.17) is 0 Å². The largest absolute Gasteiger partial charge is 0.303 e. The first kappa shape index (κ1) is 16.1. The molecular weight excluding hydrogens is 302 g/mol. The number of benzene rings is 1. The standard InChI is InChI=1S/C24H33N/c1-2-7-23-22(6-1)10-11-24(23)12-14-25(15-13-24)18-21-9-8-19-4-3-5-20(16-19)17-21/h1-3,5-7,19-21H,4,8-18H2/t19-,20+,21+/m1/s1. The van der Waals surface area contributed by atoms with Crippen LogP contribution in [-0.4, -0.2) is 24.5 Å². The second kappa shape index (κ2) is 6.58. The summed E-state index contributed by atoms with van der Waals surface area (Å²) in [6, 6.07) is 9.28. The molecule has 4 aliphatic rings. The average Bonchev–Trinajstić information content (AvgIpc) is 2.94. The maximum absolute atomic E-state index is 2.82. The Bertz CT molecular complexity index is 637. The summed E-state index contributed by atoms with van der Waals surface area (Å²) in [6.45, 7) is 4.03. The molecule has 0 aromatic heterocycles. The molecule has 1 aromatic rings. The quantitative estimate of drug-likeness (QED) is 0.659. The van der Waals surface area contributed by atoms with Gasteiger partial charge in [-0.05, 0) is 105 Å². The van der Waals surface area contributed by atoms with Gasteiger partial charge in [-0.15, -0.1) is 0 Å². The van der Waals surface area contributed by atoms with Crippen LogP contribution in [0.1, 0.15) is 62.5 Å². The molecule has 0 N–H and O–H groups in total. The van der Waals surface area contributed by atoms with Gasteiger partial charge >= 0.3 is 0 Å². The lowest BCUT2D eigenvalue weighted by Crippen LogP contribution is -2.43. The van der Waals surface area contributed by atoms with Crippen molar-refractivity contribution in [2.45, 2.75) is 63.2 Å². The van der Waals surface area contributed by atoms with Crippen LogP contribution in [0.3, 0.4) is 0 Å². The van der Waals surface area contributed by atoms with Crippen LogP contribution in [0.15, 0.2) is 36.4 Å². The monoisotopic (exact) mass is 335 g/mol. The Hall–Kier alpha value is -1.08. The predicted molar refractivity (Wildman–Crippen MR) is 105 cm³/mol. The van der Waals surface area contributed by atoms with E-state index in [1.165, 1.54) is 77.4 Å². The normalized spacial score (nSPS) is 34.0. The van der Waals surface area contributed by atoms with Gasteiger partial charge in [-0.1, -0.05) is 36.4 Å². The average molecular weight is 336 g/mol. The predicted octanol–water partition coefficient (Wildman–Crippen LogP) is 5.35. The first-order valence-corrected chi connectivity index (χ1v) is 10.8. The second-order valence-corrected chi connectivity index (χ2v) is 9.44. The molecule has 3 aliphatic carbocycles. The Morgan fingerprint density at radius 1 is 1.00 bits per heavy atom. The topological polar surface area (TPSA) is 3.24 Å². The highest BCUT2D eigenvalue weighted by Crippen LogP contribution is 2.46. The third-order valence-corrected chi connectivity index (χ3v) is 7.92. The van der Waals surface area contributed by atoms with Gasteiger partial charge in [-0.3, -0.25) is 0 Å². The van der Waals surface area contributed by atoms with Gasteiger partial charge in [0.15, 0.2) is 0 Å². The van der Waals surface area contributed by atoms with E-state index >= 15 is 0 Å². The van der Waals surface area contributed by atoms with Crippen LogP contribution in [0, 0.1) is 17.8 Å². The van der Waals surface area contributed by atoms with Crippen LogP contribution >= 0.6 is 0 Å². The summed E-state index contributed by atoms with van der Waals surface area (Å²) in [4.78, 5) is 2.82. The number of allylic oxidation sites excluding steroid dienone is 2. The molecule has 0 amide bonds. The number of aryl methyl sites for hydroxylation is 1. The van der Waals surface area contributed by atoms with Crippen LogP contribution in [-0.2, 0) is 11.8 Å². The summed E-state index contributed by atoms with van der Waals surface area (Å²) in [7, 11) is 0. The molecule has 5 rings (SSSR count). The van der Waals surface area contributed by atoms with Crippen LogP contribution in [0.5, 0.6) is 0 Å². The second-order valence-electron chi connectivity index (χ2n) is 9.44. The van der Waals surface area contributed by atoms with Crippen molar-refractivity contribution in [3.05, 3.63) is 47.5 Å². The number of hydrogen-bond acceptors (Lipinski definition) is 1. The number of nitrogens with zero attached hydrogens (tertiary/aromatic N) is 1. The summed E-state index contributed by atoms with van der Waals surface area (Å²) >= 11 is 0. The molecule has 2 fully saturated rings. The van der Waals surface area contributed by atoms with E-state index in [0.29, 0.717) is 5.41 Å². The van der Waals surface area contributed by atoms with E-state index in [9.17, 15) is 0 Å². The van der Waals surface area contributed by atoms with Gasteiger partial charge in [0, 0.05) is 6.54 Å². The maximum atomic E-state index is 2.82. The zero-order chi connectivity index (χ0) is 16.7. The molecule has 1 saturated carbocycles. The molecule has 1 heteroatoms. The minimum atomic E-state index is 0.524. The molecule has 1 spiro atoms. The van der Waals surface area contributed by atoms with E-state index in [1.807, 2.05) is 0 Å². The molecule has 2 bridgehead atoms. The minimum absolute atomic E-state index is 0.524. The van der Waals surface area contributed by atoms with Gasteiger partial charge in [0.1, 0.15) is 0 Å². The van der Waals surface area contributed by atoms with Crippen molar-refractivity contribution in [3.63, 3.8) is 0 Å². The van der Waals surface area contributed by atoms with Crippen LogP contribution in [0.2, 0.25) is 0 Å².